The standard InChI is InChI=1S/C25H29FN2O4/c1-31-20-11-12-21(23(15-20)32-2)22-6-4-14-28(22)25(30)18-5-3-13-27(16-18)24(29)17-7-9-19(26)10-8-17/h7-12,15,18,22H,3-6,13-14,16H2,1-2H3/t18-,22-/m0/s1. The third kappa shape index (κ3) is 4.42. The van der Waals surface area contributed by atoms with E-state index in [1.54, 1.807) is 19.1 Å². The lowest BCUT2D eigenvalue weighted by Gasteiger charge is -2.36. The van der Waals surface area contributed by atoms with Crippen LogP contribution in [0.5, 0.6) is 11.5 Å². The summed E-state index contributed by atoms with van der Waals surface area (Å²) in [6.45, 7) is 1.69. The highest BCUT2D eigenvalue weighted by molar-refractivity contribution is 5.94. The molecule has 0 aliphatic carbocycles. The molecule has 2 saturated heterocycles. The summed E-state index contributed by atoms with van der Waals surface area (Å²) in [6.07, 6.45) is 3.33. The van der Waals surface area contributed by atoms with Crippen LogP contribution in [0.2, 0.25) is 0 Å². The highest BCUT2D eigenvalue weighted by Gasteiger charge is 2.37. The number of hydrogen-bond acceptors (Lipinski definition) is 4. The molecular weight excluding hydrogens is 411 g/mol. The fraction of sp³-hybridized carbons (Fsp3) is 0.440. The van der Waals surface area contributed by atoms with Gasteiger partial charge in [0, 0.05) is 36.8 Å². The van der Waals surface area contributed by atoms with E-state index in [4.69, 9.17) is 9.47 Å². The molecule has 0 N–H and O–H groups in total. The summed E-state index contributed by atoms with van der Waals surface area (Å²) >= 11 is 0. The number of halogens is 1. The molecule has 6 nitrogen and oxygen atoms in total. The molecule has 4 rings (SSSR count). The van der Waals surface area contributed by atoms with Crippen molar-refractivity contribution >= 4 is 11.8 Å². The van der Waals surface area contributed by atoms with Gasteiger partial charge in [-0.1, -0.05) is 0 Å². The highest BCUT2D eigenvalue weighted by atomic mass is 19.1. The first-order valence-electron chi connectivity index (χ1n) is 11.1. The number of carbonyl (C=O) groups is 2. The van der Waals surface area contributed by atoms with E-state index in [0.717, 1.165) is 31.2 Å². The Morgan fingerprint density at radius 2 is 1.72 bits per heavy atom. The third-order valence-corrected chi connectivity index (χ3v) is 6.48. The number of likely N-dealkylation sites (tertiary alicyclic amines) is 2. The zero-order valence-electron chi connectivity index (χ0n) is 18.6. The van der Waals surface area contributed by atoms with E-state index >= 15 is 0 Å². The average molecular weight is 441 g/mol. The molecule has 0 bridgehead atoms. The highest BCUT2D eigenvalue weighted by Crippen LogP contribution is 2.40. The summed E-state index contributed by atoms with van der Waals surface area (Å²) in [7, 11) is 3.24. The van der Waals surface area contributed by atoms with Gasteiger partial charge in [-0.25, -0.2) is 4.39 Å². The number of hydrogen-bond donors (Lipinski definition) is 0. The lowest BCUT2D eigenvalue weighted by molar-refractivity contribution is -0.138. The molecule has 2 heterocycles. The number of nitrogens with zero attached hydrogens (tertiary/aromatic N) is 2. The Bertz CT molecular complexity index is 978. The second-order valence-corrected chi connectivity index (χ2v) is 8.39. The van der Waals surface area contributed by atoms with Crippen LogP contribution in [-0.2, 0) is 4.79 Å². The summed E-state index contributed by atoms with van der Waals surface area (Å²) in [4.78, 5) is 30.1. The molecule has 0 saturated carbocycles. The van der Waals surface area contributed by atoms with Crippen LogP contribution in [0.4, 0.5) is 4.39 Å². The van der Waals surface area contributed by atoms with Crippen molar-refractivity contribution in [1.29, 1.82) is 0 Å². The monoisotopic (exact) mass is 440 g/mol. The number of ether oxygens (including phenoxy) is 2. The Hall–Kier alpha value is -3.09. The lowest BCUT2D eigenvalue weighted by Crippen LogP contribution is -2.46. The topological polar surface area (TPSA) is 59.1 Å². The first-order valence-corrected chi connectivity index (χ1v) is 11.1. The molecule has 0 spiro atoms. The number of piperidine rings is 1. The van der Waals surface area contributed by atoms with E-state index in [1.165, 1.54) is 24.3 Å². The molecule has 2 fully saturated rings. The number of methoxy groups -OCH3 is 2. The predicted molar refractivity (Wildman–Crippen MR) is 118 cm³/mol. The van der Waals surface area contributed by atoms with E-state index in [-0.39, 0.29) is 29.6 Å². The Morgan fingerprint density at radius 3 is 2.44 bits per heavy atom. The van der Waals surface area contributed by atoms with Crippen molar-refractivity contribution < 1.29 is 23.5 Å². The maximum absolute atomic E-state index is 13.5. The quantitative estimate of drug-likeness (QED) is 0.704. The first kappa shape index (κ1) is 22.1. The van der Waals surface area contributed by atoms with Gasteiger partial charge in [0.05, 0.1) is 26.2 Å². The Kier molecular flexibility index (Phi) is 6.63. The van der Waals surface area contributed by atoms with Crippen LogP contribution in [0.1, 0.15) is 47.6 Å². The maximum Gasteiger partial charge on any atom is 0.253 e. The molecule has 0 radical (unpaired) electrons. The normalized spacial score (nSPS) is 20.8. The minimum atomic E-state index is -0.373. The molecule has 0 aromatic heterocycles. The second-order valence-electron chi connectivity index (χ2n) is 8.39. The predicted octanol–water partition coefficient (Wildman–Crippen LogP) is 4.06. The molecule has 2 aromatic rings. The molecule has 2 aliphatic rings. The van der Waals surface area contributed by atoms with E-state index < -0.39 is 0 Å². The number of amides is 2. The molecule has 7 heteroatoms. The van der Waals surface area contributed by atoms with Gasteiger partial charge in [-0.15, -0.1) is 0 Å². The maximum atomic E-state index is 13.5. The fourth-order valence-corrected chi connectivity index (χ4v) is 4.82. The zero-order chi connectivity index (χ0) is 22.7. The van der Waals surface area contributed by atoms with Crippen LogP contribution < -0.4 is 9.47 Å². The summed E-state index contributed by atoms with van der Waals surface area (Å²) in [5.74, 6) is 0.744. The third-order valence-electron chi connectivity index (χ3n) is 6.48. The van der Waals surface area contributed by atoms with Crippen molar-refractivity contribution in [2.75, 3.05) is 33.9 Å². The minimum Gasteiger partial charge on any atom is -0.497 e. The molecule has 32 heavy (non-hydrogen) atoms. The summed E-state index contributed by atoms with van der Waals surface area (Å²) < 4.78 is 24.1. The second kappa shape index (κ2) is 9.59. The molecule has 170 valence electrons. The minimum absolute atomic E-state index is 0.0495. The van der Waals surface area contributed by atoms with Crippen molar-refractivity contribution in [2.45, 2.75) is 31.7 Å². The van der Waals surface area contributed by atoms with Crippen LogP contribution in [-0.4, -0.2) is 55.5 Å². The van der Waals surface area contributed by atoms with Crippen LogP contribution in [0.15, 0.2) is 42.5 Å². The van der Waals surface area contributed by atoms with Crippen molar-refractivity contribution in [3.63, 3.8) is 0 Å². The molecule has 2 aliphatic heterocycles. The largest absolute Gasteiger partial charge is 0.497 e. The van der Waals surface area contributed by atoms with Crippen molar-refractivity contribution in [3.05, 3.63) is 59.4 Å². The zero-order valence-corrected chi connectivity index (χ0v) is 18.6. The van der Waals surface area contributed by atoms with Crippen LogP contribution in [0, 0.1) is 11.7 Å². The Balaban J connectivity index is 1.49. The van der Waals surface area contributed by atoms with Crippen LogP contribution >= 0.6 is 0 Å². The summed E-state index contributed by atoms with van der Waals surface area (Å²) in [5, 5.41) is 0. The average Bonchev–Trinajstić information content (AvgIpc) is 3.33. The van der Waals surface area contributed by atoms with Crippen molar-refractivity contribution in [2.24, 2.45) is 5.92 Å². The molecule has 2 aromatic carbocycles. The van der Waals surface area contributed by atoms with Crippen LogP contribution in [0.25, 0.3) is 0 Å². The first-order chi connectivity index (χ1) is 15.5. The van der Waals surface area contributed by atoms with E-state index in [0.29, 0.717) is 36.7 Å². The summed E-state index contributed by atoms with van der Waals surface area (Å²) in [5.41, 5.74) is 1.43. The van der Waals surface area contributed by atoms with Gasteiger partial charge >= 0.3 is 0 Å². The van der Waals surface area contributed by atoms with Gasteiger partial charge < -0.3 is 19.3 Å². The van der Waals surface area contributed by atoms with Gasteiger partial charge in [-0.3, -0.25) is 9.59 Å². The van der Waals surface area contributed by atoms with E-state index in [2.05, 4.69) is 0 Å². The summed E-state index contributed by atoms with van der Waals surface area (Å²) in [6, 6.07) is 11.2. The Morgan fingerprint density at radius 1 is 0.969 bits per heavy atom. The molecule has 2 amide bonds. The smallest absolute Gasteiger partial charge is 0.253 e. The van der Waals surface area contributed by atoms with Gasteiger partial charge in [-0.2, -0.15) is 0 Å². The van der Waals surface area contributed by atoms with Gasteiger partial charge in [0.1, 0.15) is 17.3 Å². The molecular formula is C25H29FN2O4. The molecule has 0 unspecified atom stereocenters. The SMILES string of the molecule is COc1ccc([C@@H]2CCCN2C(=O)[C@H]2CCCN(C(=O)c3ccc(F)cc3)C2)c(OC)c1. The number of benzene rings is 2. The van der Waals surface area contributed by atoms with Gasteiger partial charge in [0.25, 0.3) is 5.91 Å². The molecule has 2 atom stereocenters. The lowest BCUT2D eigenvalue weighted by atomic mass is 9.94. The van der Waals surface area contributed by atoms with Crippen LogP contribution in [0.3, 0.4) is 0 Å². The van der Waals surface area contributed by atoms with Gasteiger partial charge in [0.2, 0.25) is 5.91 Å². The Labute approximate surface area is 187 Å². The fourth-order valence-electron chi connectivity index (χ4n) is 4.82. The van der Waals surface area contributed by atoms with Crippen molar-refractivity contribution in [3.8, 4) is 11.5 Å². The van der Waals surface area contributed by atoms with Gasteiger partial charge in [-0.05, 0) is 62.1 Å². The van der Waals surface area contributed by atoms with E-state index in [9.17, 15) is 14.0 Å². The van der Waals surface area contributed by atoms with Crippen molar-refractivity contribution in [1.82, 2.24) is 9.80 Å². The van der Waals surface area contributed by atoms with Gasteiger partial charge in [0.15, 0.2) is 0 Å². The van der Waals surface area contributed by atoms with E-state index in [1.807, 2.05) is 23.1 Å². The number of rotatable bonds is 5. The number of carbonyl (C=O) groups excluding carboxylic acids is 2.